The lowest BCUT2D eigenvalue weighted by Crippen LogP contribution is -2.11. The molecular formula is C81H78O21. The molecule has 21 heteroatoms. The van der Waals surface area contributed by atoms with Gasteiger partial charge < -0.3 is 56.8 Å². The third-order valence-electron chi connectivity index (χ3n) is 15.2. The van der Waals surface area contributed by atoms with E-state index in [1.165, 1.54) is 48.5 Å². The topological polar surface area (TPSA) is 264 Å². The normalized spacial score (nSPS) is 10.6. The van der Waals surface area contributed by atoms with Crippen molar-refractivity contribution in [2.45, 2.75) is 70.6 Å². The van der Waals surface area contributed by atoms with Crippen LogP contribution in [-0.4, -0.2) is 113 Å². The van der Waals surface area contributed by atoms with Crippen molar-refractivity contribution in [3.63, 3.8) is 0 Å². The Morgan fingerprint density at radius 2 is 0.490 bits per heavy atom. The van der Waals surface area contributed by atoms with Crippen molar-refractivity contribution in [3.05, 3.63) is 253 Å². The third-order valence-corrected chi connectivity index (χ3v) is 15.2. The maximum absolute atomic E-state index is 12.9. The maximum atomic E-state index is 12.9. The highest BCUT2D eigenvalue weighted by Crippen LogP contribution is 2.27. The van der Waals surface area contributed by atoms with Gasteiger partial charge in [-0.2, -0.15) is 0 Å². The Morgan fingerprint density at radius 1 is 0.245 bits per heavy atom. The number of esters is 9. The molecule has 0 aliphatic carbocycles. The van der Waals surface area contributed by atoms with Gasteiger partial charge in [0.15, 0.2) is 0 Å². The van der Waals surface area contributed by atoms with Crippen LogP contribution in [0.3, 0.4) is 0 Å². The minimum Gasteiger partial charge on any atom is -0.494 e. The van der Waals surface area contributed by atoms with Gasteiger partial charge in [-0.15, -0.1) is 0 Å². The Morgan fingerprint density at radius 3 is 0.824 bits per heavy atom. The first-order valence-electron chi connectivity index (χ1n) is 33.3. The van der Waals surface area contributed by atoms with Crippen LogP contribution < -0.4 is 28.4 Å². The van der Waals surface area contributed by atoms with Crippen LogP contribution in [0.1, 0.15) is 133 Å². The average molecular weight is 1390 g/mol. The quantitative estimate of drug-likeness (QED) is 0.0113. The van der Waals surface area contributed by atoms with E-state index in [-0.39, 0.29) is 74.7 Å². The van der Waals surface area contributed by atoms with Gasteiger partial charge in [-0.05, 0) is 226 Å². The van der Waals surface area contributed by atoms with Crippen molar-refractivity contribution in [2.24, 2.45) is 0 Å². The number of carbonyl (C=O) groups is 9. The molecule has 0 radical (unpaired) electrons. The second kappa shape index (κ2) is 41.4. The zero-order chi connectivity index (χ0) is 72.1. The molecule has 0 aromatic heterocycles. The van der Waals surface area contributed by atoms with Crippen molar-refractivity contribution in [1.29, 1.82) is 0 Å². The first-order chi connectivity index (χ1) is 49.7. The average Bonchev–Trinajstić information content (AvgIpc) is 0.864. The van der Waals surface area contributed by atoms with Crippen molar-refractivity contribution in [1.82, 2.24) is 0 Å². The molecule has 0 fully saturated rings. The Balaban J connectivity index is 0.600. The molecule has 0 atom stereocenters. The van der Waals surface area contributed by atoms with E-state index >= 15 is 0 Å². The van der Waals surface area contributed by atoms with E-state index in [1.807, 2.05) is 0 Å². The summed E-state index contributed by atoms with van der Waals surface area (Å²) in [6.45, 7) is 9.39. The van der Waals surface area contributed by atoms with Gasteiger partial charge in [0.25, 0.3) is 0 Å². The van der Waals surface area contributed by atoms with Crippen LogP contribution in [0.5, 0.6) is 34.5 Å². The van der Waals surface area contributed by atoms with E-state index in [0.717, 1.165) is 60.1 Å². The molecule has 0 saturated heterocycles. The van der Waals surface area contributed by atoms with Gasteiger partial charge in [-0.25, -0.2) is 38.4 Å². The van der Waals surface area contributed by atoms with E-state index in [0.29, 0.717) is 104 Å². The minimum absolute atomic E-state index is 0.128. The van der Waals surface area contributed by atoms with Gasteiger partial charge >= 0.3 is 53.7 Å². The summed E-state index contributed by atoms with van der Waals surface area (Å²) in [5.41, 5.74) is 5.23. The van der Waals surface area contributed by atoms with Crippen LogP contribution in [0.25, 0.3) is 22.3 Å². The number of benzene rings is 8. The molecule has 0 aliphatic heterocycles. The van der Waals surface area contributed by atoms with Crippen LogP contribution in [0, 0.1) is 0 Å². The van der Waals surface area contributed by atoms with Crippen LogP contribution >= 0.6 is 0 Å². The predicted molar refractivity (Wildman–Crippen MR) is 376 cm³/mol. The van der Waals surface area contributed by atoms with Gasteiger partial charge in [0.1, 0.15) is 34.5 Å². The Kier molecular flexibility index (Phi) is 30.8. The molecule has 0 heterocycles. The first kappa shape index (κ1) is 75.8. The molecule has 0 unspecified atom stereocenters. The number of ether oxygens (including phenoxy) is 12. The maximum Gasteiger partial charge on any atom is 0.343 e. The van der Waals surface area contributed by atoms with Crippen LogP contribution in [0.4, 0.5) is 0 Å². The van der Waals surface area contributed by atoms with Gasteiger partial charge in [-0.3, -0.25) is 4.79 Å². The van der Waals surface area contributed by atoms with E-state index in [4.69, 9.17) is 56.8 Å². The SMILES string of the molecule is C=CC(=O)OCCCCOC(=O)c1ccc(-c2ccc(OC(=O)c3ccc(OC(=O)c4ccc(OCCCCCCOCCC(=O)OCCCCOC(=O)c5ccc(-c6ccc(OC(=O)c7ccc(OC(=O)c8ccc(OCCCCOC(=O)C=C)cc8)cc7)cc6)cc5)cc4)cc3)cc2)cc1. The molecule has 8 aromatic rings. The summed E-state index contributed by atoms with van der Waals surface area (Å²) in [6.07, 6.45) is 9.22. The summed E-state index contributed by atoms with van der Waals surface area (Å²) < 4.78 is 65.2. The predicted octanol–water partition coefficient (Wildman–Crippen LogP) is 15.0. The fraction of sp³-hybridized carbons (Fsp3) is 0.247. The van der Waals surface area contributed by atoms with Crippen molar-refractivity contribution < 1.29 is 100.0 Å². The molecule has 0 spiro atoms. The molecule has 0 aliphatic rings. The molecule has 0 N–H and O–H groups in total. The second-order valence-corrected chi connectivity index (χ2v) is 22.7. The molecule has 528 valence electrons. The fourth-order valence-electron chi connectivity index (χ4n) is 9.51. The van der Waals surface area contributed by atoms with E-state index in [9.17, 15) is 43.2 Å². The Hall–Kier alpha value is -12.0. The number of carbonyl (C=O) groups excluding carboxylic acids is 9. The van der Waals surface area contributed by atoms with Crippen LogP contribution in [0.15, 0.2) is 219 Å². The number of rotatable bonds is 41. The van der Waals surface area contributed by atoms with E-state index in [1.54, 1.807) is 146 Å². The summed E-state index contributed by atoms with van der Waals surface area (Å²) in [5, 5.41) is 0. The summed E-state index contributed by atoms with van der Waals surface area (Å²) in [4.78, 5) is 111. The molecule has 8 aromatic carbocycles. The van der Waals surface area contributed by atoms with Gasteiger partial charge in [0, 0.05) is 18.8 Å². The Bertz CT molecular complexity index is 4050. The summed E-state index contributed by atoms with van der Waals surface area (Å²) >= 11 is 0. The molecular weight excluding hydrogens is 1310 g/mol. The lowest BCUT2D eigenvalue weighted by molar-refractivity contribution is -0.145. The second-order valence-electron chi connectivity index (χ2n) is 22.7. The molecule has 102 heavy (non-hydrogen) atoms. The molecule has 0 bridgehead atoms. The molecule has 21 nitrogen and oxygen atoms in total. The van der Waals surface area contributed by atoms with Crippen LogP contribution in [-0.2, 0) is 42.8 Å². The van der Waals surface area contributed by atoms with Gasteiger partial charge in [0.2, 0.25) is 0 Å². The van der Waals surface area contributed by atoms with Gasteiger partial charge in [0.05, 0.1) is 92.7 Å². The summed E-state index contributed by atoms with van der Waals surface area (Å²) in [7, 11) is 0. The van der Waals surface area contributed by atoms with Crippen molar-refractivity contribution >= 4 is 53.7 Å². The minimum atomic E-state index is -0.603. The zero-order valence-electron chi connectivity index (χ0n) is 56.3. The fourth-order valence-corrected chi connectivity index (χ4v) is 9.51. The highest BCUT2D eigenvalue weighted by Gasteiger charge is 2.17. The van der Waals surface area contributed by atoms with Crippen molar-refractivity contribution in [3.8, 4) is 56.8 Å². The number of unbranched alkanes of at least 4 members (excludes halogenated alkanes) is 6. The number of hydrogen-bond acceptors (Lipinski definition) is 21. The van der Waals surface area contributed by atoms with E-state index in [2.05, 4.69) is 13.2 Å². The standard InChI is InChI=1S/C81H78O21/c1-3-73(82)94-51-10-9-50-93-68-37-29-64(30-38-68)79(88)102-72-45-33-66(34-46-72)81(90)100-70-41-25-60(26-42-70)58-17-21-62(22-18-58)77(86)98-55-14-12-53-96-75(84)47-56-91-48-7-5-6-8-49-92-67-35-27-63(28-36-67)78(87)101-71-43-31-65(32-44-71)80(89)99-69-39-23-59(24-40-69)57-15-19-61(20-16-57)76(85)97-54-13-11-52-95-74(83)4-2/h3-4,15-46H,1-2,5-14,47-56H2. The lowest BCUT2D eigenvalue weighted by Gasteiger charge is -2.09. The number of hydrogen-bond donors (Lipinski definition) is 0. The first-order valence-corrected chi connectivity index (χ1v) is 33.3. The smallest absolute Gasteiger partial charge is 0.343 e. The molecule has 8 rings (SSSR count). The van der Waals surface area contributed by atoms with Crippen molar-refractivity contribution in [2.75, 3.05) is 59.5 Å². The highest BCUT2D eigenvalue weighted by atomic mass is 16.6. The Labute approximate surface area is 590 Å². The molecule has 0 amide bonds. The summed E-state index contributed by atoms with van der Waals surface area (Å²) in [5.74, 6) is -2.33. The van der Waals surface area contributed by atoms with Crippen LogP contribution in [0.2, 0.25) is 0 Å². The zero-order valence-corrected chi connectivity index (χ0v) is 56.3. The van der Waals surface area contributed by atoms with E-state index < -0.39 is 47.8 Å². The monoisotopic (exact) mass is 1390 g/mol. The lowest BCUT2D eigenvalue weighted by atomic mass is 10.0. The molecule has 0 saturated carbocycles. The largest absolute Gasteiger partial charge is 0.494 e. The van der Waals surface area contributed by atoms with Gasteiger partial charge in [-0.1, -0.05) is 68.1 Å². The third kappa shape index (κ3) is 26.0. The highest BCUT2D eigenvalue weighted by molar-refractivity contribution is 5.95. The summed E-state index contributed by atoms with van der Waals surface area (Å²) in [6, 6.07) is 52.7.